The van der Waals surface area contributed by atoms with Crippen LogP contribution in [0.5, 0.6) is 5.75 Å². The molecule has 2 amide bonds. The van der Waals surface area contributed by atoms with Gasteiger partial charge in [-0.15, -0.1) is 0 Å². The van der Waals surface area contributed by atoms with Gasteiger partial charge in [0.05, 0.1) is 38.2 Å². The fourth-order valence-corrected chi connectivity index (χ4v) is 2.34. The predicted octanol–water partition coefficient (Wildman–Crippen LogP) is 2.76. The Morgan fingerprint density at radius 2 is 2.12 bits per heavy atom. The van der Waals surface area contributed by atoms with Crippen molar-refractivity contribution in [2.45, 2.75) is 19.5 Å². The summed E-state index contributed by atoms with van der Waals surface area (Å²) in [5.74, 6) is 0.761. The summed E-state index contributed by atoms with van der Waals surface area (Å²) >= 11 is 0. The number of urea groups is 1. The van der Waals surface area contributed by atoms with E-state index >= 15 is 0 Å². The van der Waals surface area contributed by atoms with Crippen LogP contribution in [0.1, 0.15) is 18.5 Å². The summed E-state index contributed by atoms with van der Waals surface area (Å²) in [5, 5.41) is 7.03. The zero-order valence-electron chi connectivity index (χ0n) is 14.5. The third kappa shape index (κ3) is 4.26. The number of hydrogen-bond donors (Lipinski definition) is 1. The van der Waals surface area contributed by atoms with Crippen LogP contribution in [0, 0.1) is 0 Å². The molecule has 0 saturated heterocycles. The van der Waals surface area contributed by atoms with E-state index in [0.717, 1.165) is 11.3 Å². The van der Waals surface area contributed by atoms with Crippen LogP contribution < -0.4 is 10.1 Å². The van der Waals surface area contributed by atoms with Crippen molar-refractivity contribution in [3.8, 4) is 5.75 Å². The molecule has 1 heterocycles. The molecule has 0 bridgehead atoms. The van der Waals surface area contributed by atoms with Crippen molar-refractivity contribution in [1.82, 2.24) is 14.7 Å². The third-order valence-electron chi connectivity index (χ3n) is 3.90. The summed E-state index contributed by atoms with van der Waals surface area (Å²) in [6.07, 6.45) is 3.40. The first-order chi connectivity index (χ1) is 11.6. The van der Waals surface area contributed by atoms with Crippen LogP contribution in [-0.2, 0) is 11.3 Å². The van der Waals surface area contributed by atoms with Gasteiger partial charge in [-0.05, 0) is 13.0 Å². The van der Waals surface area contributed by atoms with Crippen molar-refractivity contribution >= 4 is 11.7 Å². The van der Waals surface area contributed by atoms with E-state index in [1.165, 1.54) is 0 Å². The number of carbonyl (C=O) groups is 1. The number of amides is 2. The first-order valence-electron chi connectivity index (χ1n) is 7.75. The van der Waals surface area contributed by atoms with E-state index in [9.17, 15) is 4.79 Å². The largest absolute Gasteiger partial charge is 0.496 e. The summed E-state index contributed by atoms with van der Waals surface area (Å²) in [6.45, 7) is 3.17. The molecule has 0 aliphatic rings. The van der Waals surface area contributed by atoms with Gasteiger partial charge in [0, 0.05) is 25.9 Å². The second kappa shape index (κ2) is 8.35. The number of para-hydroxylation sites is 1. The van der Waals surface area contributed by atoms with Gasteiger partial charge in [-0.25, -0.2) is 4.79 Å². The molecule has 0 aliphatic heterocycles. The highest BCUT2D eigenvalue weighted by Crippen LogP contribution is 2.28. The Hall–Kier alpha value is -2.54. The summed E-state index contributed by atoms with van der Waals surface area (Å²) in [4.78, 5) is 14.1. The van der Waals surface area contributed by atoms with Gasteiger partial charge >= 0.3 is 6.03 Å². The van der Waals surface area contributed by atoms with Crippen molar-refractivity contribution in [2.75, 3.05) is 33.2 Å². The SMILES string of the molecule is COCCn1cc(NC(=O)N(C)[C@@H](C)c2ccccc2OC)cn1. The Morgan fingerprint density at radius 1 is 1.38 bits per heavy atom. The van der Waals surface area contributed by atoms with E-state index in [4.69, 9.17) is 9.47 Å². The number of carbonyl (C=O) groups excluding carboxylic acids is 1. The van der Waals surface area contributed by atoms with Crippen LogP contribution in [0.2, 0.25) is 0 Å². The Morgan fingerprint density at radius 3 is 2.83 bits per heavy atom. The van der Waals surface area contributed by atoms with Gasteiger partial charge in [-0.3, -0.25) is 4.68 Å². The van der Waals surface area contributed by atoms with Crippen molar-refractivity contribution in [2.24, 2.45) is 0 Å². The van der Waals surface area contributed by atoms with Gasteiger partial charge in [-0.2, -0.15) is 5.10 Å². The molecule has 1 atom stereocenters. The highest BCUT2D eigenvalue weighted by Gasteiger charge is 2.20. The molecule has 1 aromatic carbocycles. The van der Waals surface area contributed by atoms with Gasteiger partial charge in [0.1, 0.15) is 5.75 Å². The number of ether oxygens (including phenoxy) is 2. The maximum absolute atomic E-state index is 12.5. The maximum atomic E-state index is 12.5. The third-order valence-corrected chi connectivity index (χ3v) is 3.90. The number of rotatable bonds is 7. The second-order valence-electron chi connectivity index (χ2n) is 5.44. The molecule has 0 unspecified atom stereocenters. The van der Waals surface area contributed by atoms with E-state index < -0.39 is 0 Å². The molecule has 0 fully saturated rings. The highest BCUT2D eigenvalue weighted by atomic mass is 16.5. The molecule has 7 nitrogen and oxygen atoms in total. The first kappa shape index (κ1) is 17.8. The lowest BCUT2D eigenvalue weighted by atomic mass is 10.1. The molecule has 2 rings (SSSR count). The van der Waals surface area contributed by atoms with E-state index in [1.807, 2.05) is 31.2 Å². The molecule has 2 aromatic rings. The van der Waals surface area contributed by atoms with E-state index in [2.05, 4.69) is 10.4 Å². The molecule has 24 heavy (non-hydrogen) atoms. The lowest BCUT2D eigenvalue weighted by Crippen LogP contribution is -2.33. The van der Waals surface area contributed by atoms with Gasteiger partial charge in [0.15, 0.2) is 0 Å². The Labute approximate surface area is 142 Å². The minimum absolute atomic E-state index is 0.135. The van der Waals surface area contributed by atoms with Crippen LogP contribution in [0.4, 0.5) is 10.5 Å². The fourth-order valence-electron chi connectivity index (χ4n) is 2.34. The van der Waals surface area contributed by atoms with Crippen molar-refractivity contribution in [3.05, 3.63) is 42.2 Å². The van der Waals surface area contributed by atoms with E-state index in [1.54, 1.807) is 43.2 Å². The molecule has 130 valence electrons. The lowest BCUT2D eigenvalue weighted by molar-refractivity contribution is 0.183. The number of methoxy groups -OCH3 is 2. The van der Waals surface area contributed by atoms with Gasteiger partial charge in [0.25, 0.3) is 0 Å². The molecule has 1 N–H and O–H groups in total. The predicted molar refractivity (Wildman–Crippen MR) is 92.3 cm³/mol. The average molecular weight is 332 g/mol. The van der Waals surface area contributed by atoms with Gasteiger partial charge in [-0.1, -0.05) is 18.2 Å². The normalized spacial score (nSPS) is 11.8. The van der Waals surface area contributed by atoms with Crippen LogP contribution in [-0.4, -0.2) is 48.6 Å². The first-order valence-corrected chi connectivity index (χ1v) is 7.75. The zero-order valence-corrected chi connectivity index (χ0v) is 14.5. The summed E-state index contributed by atoms with van der Waals surface area (Å²) in [7, 11) is 5.02. The minimum atomic E-state index is -0.209. The smallest absolute Gasteiger partial charge is 0.322 e. The van der Waals surface area contributed by atoms with Crippen LogP contribution in [0.25, 0.3) is 0 Å². The van der Waals surface area contributed by atoms with Crippen molar-refractivity contribution < 1.29 is 14.3 Å². The van der Waals surface area contributed by atoms with Gasteiger partial charge in [0.2, 0.25) is 0 Å². The Bertz CT molecular complexity index is 671. The van der Waals surface area contributed by atoms with Crippen molar-refractivity contribution in [1.29, 1.82) is 0 Å². The van der Waals surface area contributed by atoms with Gasteiger partial charge < -0.3 is 19.7 Å². The number of nitrogens with zero attached hydrogens (tertiary/aromatic N) is 3. The van der Waals surface area contributed by atoms with Crippen molar-refractivity contribution in [3.63, 3.8) is 0 Å². The summed E-state index contributed by atoms with van der Waals surface area (Å²) < 4.78 is 12.1. The van der Waals surface area contributed by atoms with Crippen LogP contribution in [0.3, 0.4) is 0 Å². The average Bonchev–Trinajstić information content (AvgIpc) is 3.05. The molecule has 0 spiro atoms. The minimum Gasteiger partial charge on any atom is -0.496 e. The molecular weight excluding hydrogens is 308 g/mol. The topological polar surface area (TPSA) is 68.6 Å². The molecular formula is C17H24N4O3. The van der Waals surface area contributed by atoms with E-state index in [-0.39, 0.29) is 12.1 Å². The number of hydrogen-bond acceptors (Lipinski definition) is 4. The zero-order chi connectivity index (χ0) is 17.5. The molecule has 0 aliphatic carbocycles. The monoisotopic (exact) mass is 332 g/mol. The highest BCUT2D eigenvalue weighted by molar-refractivity contribution is 5.89. The molecule has 1 aromatic heterocycles. The number of anilines is 1. The van der Waals surface area contributed by atoms with Crippen LogP contribution >= 0.6 is 0 Å². The fraction of sp³-hybridized carbons (Fsp3) is 0.412. The summed E-state index contributed by atoms with van der Waals surface area (Å²) in [5.41, 5.74) is 1.60. The van der Waals surface area contributed by atoms with E-state index in [0.29, 0.717) is 18.8 Å². The Kier molecular flexibility index (Phi) is 6.20. The molecule has 0 saturated carbocycles. The number of nitrogens with one attached hydrogen (secondary N) is 1. The maximum Gasteiger partial charge on any atom is 0.322 e. The lowest BCUT2D eigenvalue weighted by Gasteiger charge is -2.26. The molecule has 0 radical (unpaired) electrons. The number of benzene rings is 1. The Balaban J connectivity index is 2.02. The second-order valence-corrected chi connectivity index (χ2v) is 5.44. The standard InChI is InChI=1S/C17H24N4O3/c1-13(15-7-5-6-8-16(15)24-4)20(2)17(22)19-14-11-18-21(12-14)9-10-23-3/h5-8,11-13H,9-10H2,1-4H3,(H,19,22)/t13-/m0/s1. The summed E-state index contributed by atoms with van der Waals surface area (Å²) in [6, 6.07) is 7.33. The molecule has 7 heteroatoms. The number of aromatic nitrogens is 2. The van der Waals surface area contributed by atoms with Crippen LogP contribution in [0.15, 0.2) is 36.7 Å². The quantitative estimate of drug-likeness (QED) is 0.846.